The van der Waals surface area contributed by atoms with Gasteiger partial charge in [0.05, 0.1) is 0 Å². The first kappa shape index (κ1) is 13.8. The molecule has 0 atom stereocenters. The number of benzene rings is 1. The second kappa shape index (κ2) is 4.96. The molecule has 17 heavy (non-hydrogen) atoms. The third kappa shape index (κ3) is 1.99. The Bertz CT molecular complexity index is 720. The normalized spacial score (nSPS) is 9.88. The molecule has 6 heteroatoms. The number of thiophene rings is 1. The maximum atomic E-state index is 11.6. The minimum Gasteiger partial charge on any atom is -0.506 e. The summed E-state index contributed by atoms with van der Waals surface area (Å²) in [5.74, 6) is 0.178. The Morgan fingerprint density at radius 2 is 1.88 bits per heavy atom. The van der Waals surface area contributed by atoms with Crippen LogP contribution in [0, 0.1) is 0 Å². The molecule has 1 aromatic carbocycles. The van der Waals surface area contributed by atoms with Gasteiger partial charge in [-0.05, 0) is 6.07 Å². The van der Waals surface area contributed by atoms with Gasteiger partial charge in [-0.15, -0.1) is 36.2 Å². The number of nitrogens with one attached hydrogen (secondary N) is 1. The maximum Gasteiger partial charge on any atom is 0.266 e. The molecule has 0 fully saturated rings. The largest absolute Gasteiger partial charge is 0.506 e. The maximum absolute atomic E-state index is 11.6. The van der Waals surface area contributed by atoms with Crippen LogP contribution in [0.5, 0.6) is 5.75 Å². The zero-order valence-electron chi connectivity index (χ0n) is 8.47. The number of para-hydroxylation sites is 1. The van der Waals surface area contributed by atoms with Gasteiger partial charge in [-0.1, -0.05) is 18.2 Å². The second-order valence-corrected chi connectivity index (χ2v) is 4.20. The second-order valence-electron chi connectivity index (χ2n) is 3.32. The van der Waals surface area contributed by atoms with E-state index in [1.165, 1.54) is 11.3 Å². The van der Waals surface area contributed by atoms with Crippen molar-refractivity contribution < 1.29 is 5.11 Å². The molecule has 0 aliphatic rings. The molecule has 3 aromatic rings. The van der Waals surface area contributed by atoms with Gasteiger partial charge < -0.3 is 10.1 Å². The Kier molecular flexibility index (Phi) is 4.03. The van der Waals surface area contributed by atoms with Crippen molar-refractivity contribution in [1.82, 2.24) is 4.98 Å². The van der Waals surface area contributed by atoms with Crippen molar-refractivity contribution in [3.05, 3.63) is 40.0 Å². The van der Waals surface area contributed by atoms with E-state index in [1.807, 2.05) is 24.3 Å². The van der Waals surface area contributed by atoms with Crippen molar-refractivity contribution >= 4 is 57.1 Å². The summed E-state index contributed by atoms with van der Waals surface area (Å²) in [5, 5.41) is 12.8. The Labute approximate surface area is 113 Å². The van der Waals surface area contributed by atoms with E-state index in [1.54, 1.807) is 5.38 Å². The van der Waals surface area contributed by atoms with E-state index >= 15 is 0 Å². The first-order valence-electron chi connectivity index (χ1n) is 4.48. The van der Waals surface area contributed by atoms with Gasteiger partial charge >= 0.3 is 0 Å². The van der Waals surface area contributed by atoms with Gasteiger partial charge in [-0.2, -0.15) is 0 Å². The molecule has 2 heterocycles. The van der Waals surface area contributed by atoms with E-state index in [0.717, 1.165) is 10.9 Å². The van der Waals surface area contributed by atoms with Crippen molar-refractivity contribution in [1.29, 1.82) is 0 Å². The van der Waals surface area contributed by atoms with Crippen molar-refractivity contribution in [2.45, 2.75) is 0 Å². The SMILES string of the molecule is Cl.Cl.O=c1[nH]c2ccccc2c2c(O)csc12. The van der Waals surface area contributed by atoms with Crippen LogP contribution < -0.4 is 5.56 Å². The van der Waals surface area contributed by atoms with Crippen LogP contribution in [0.2, 0.25) is 0 Å². The predicted octanol–water partition coefficient (Wildman–Crippen LogP) is 3.29. The average Bonchev–Trinajstić information content (AvgIpc) is 2.62. The van der Waals surface area contributed by atoms with Crippen molar-refractivity contribution in [3.63, 3.8) is 0 Å². The number of H-pyrrole nitrogens is 1. The smallest absolute Gasteiger partial charge is 0.266 e. The van der Waals surface area contributed by atoms with Crippen LogP contribution in [0.4, 0.5) is 0 Å². The standard InChI is InChI=1S/C11H7NO2S.2ClH/c13-8-5-15-10-9(8)6-3-1-2-4-7(6)12-11(10)14;;/h1-5,13H,(H,12,14);2*1H. The summed E-state index contributed by atoms with van der Waals surface area (Å²) in [7, 11) is 0. The highest BCUT2D eigenvalue weighted by Gasteiger charge is 2.10. The number of aromatic hydroxyl groups is 1. The lowest BCUT2D eigenvalue weighted by atomic mass is 10.1. The van der Waals surface area contributed by atoms with Crippen LogP contribution in [0.25, 0.3) is 21.0 Å². The molecule has 0 radical (unpaired) electrons. The summed E-state index contributed by atoms with van der Waals surface area (Å²) in [6.07, 6.45) is 0. The molecule has 2 aromatic heterocycles. The van der Waals surface area contributed by atoms with Crippen molar-refractivity contribution in [3.8, 4) is 5.75 Å². The van der Waals surface area contributed by atoms with Crippen LogP contribution in [-0.4, -0.2) is 10.1 Å². The molecule has 0 unspecified atom stereocenters. The van der Waals surface area contributed by atoms with E-state index in [4.69, 9.17) is 0 Å². The molecule has 0 aliphatic carbocycles. The minimum atomic E-state index is -0.144. The summed E-state index contributed by atoms with van der Waals surface area (Å²) in [6.45, 7) is 0. The average molecular weight is 290 g/mol. The van der Waals surface area contributed by atoms with Gasteiger partial charge in [-0.25, -0.2) is 0 Å². The predicted molar refractivity (Wildman–Crippen MR) is 76.1 cm³/mol. The summed E-state index contributed by atoms with van der Waals surface area (Å²) >= 11 is 1.26. The zero-order chi connectivity index (χ0) is 10.4. The molecule has 0 amide bonds. The van der Waals surface area contributed by atoms with Gasteiger partial charge in [0.1, 0.15) is 10.4 Å². The first-order chi connectivity index (χ1) is 7.27. The molecular weight excluding hydrogens is 281 g/mol. The molecule has 0 spiro atoms. The molecule has 3 rings (SSSR count). The summed E-state index contributed by atoms with van der Waals surface area (Å²) in [4.78, 5) is 14.4. The highest BCUT2D eigenvalue weighted by atomic mass is 35.5. The van der Waals surface area contributed by atoms with Crippen LogP contribution in [0.1, 0.15) is 0 Å². The fourth-order valence-electron chi connectivity index (χ4n) is 1.77. The molecule has 0 bridgehead atoms. The van der Waals surface area contributed by atoms with E-state index in [2.05, 4.69) is 4.98 Å². The summed E-state index contributed by atoms with van der Waals surface area (Å²) in [6, 6.07) is 7.46. The Morgan fingerprint density at radius 3 is 2.65 bits per heavy atom. The first-order valence-corrected chi connectivity index (χ1v) is 5.36. The molecule has 0 aliphatic heterocycles. The number of aromatic amines is 1. The monoisotopic (exact) mass is 289 g/mol. The lowest BCUT2D eigenvalue weighted by Gasteiger charge is -1.99. The van der Waals surface area contributed by atoms with Gasteiger partial charge in [0.25, 0.3) is 5.56 Å². The Morgan fingerprint density at radius 1 is 1.18 bits per heavy atom. The van der Waals surface area contributed by atoms with Gasteiger partial charge in [0, 0.05) is 21.7 Å². The lowest BCUT2D eigenvalue weighted by molar-refractivity contribution is 0.484. The molecule has 0 saturated carbocycles. The number of hydrogen-bond acceptors (Lipinski definition) is 3. The molecule has 0 saturated heterocycles. The van der Waals surface area contributed by atoms with Crippen molar-refractivity contribution in [2.75, 3.05) is 0 Å². The fraction of sp³-hybridized carbons (Fsp3) is 0. The highest BCUT2D eigenvalue weighted by Crippen LogP contribution is 2.33. The zero-order valence-corrected chi connectivity index (χ0v) is 10.9. The van der Waals surface area contributed by atoms with E-state index in [-0.39, 0.29) is 36.1 Å². The number of aromatic nitrogens is 1. The van der Waals surface area contributed by atoms with Crippen LogP contribution in [0.15, 0.2) is 34.4 Å². The molecule has 3 nitrogen and oxygen atoms in total. The summed E-state index contributed by atoms with van der Waals surface area (Å²) in [5.41, 5.74) is 0.609. The number of pyridine rings is 1. The molecule has 90 valence electrons. The number of rotatable bonds is 0. The summed E-state index contributed by atoms with van der Waals surface area (Å²) < 4.78 is 0.575. The number of hydrogen-bond donors (Lipinski definition) is 2. The lowest BCUT2D eigenvalue weighted by Crippen LogP contribution is -2.03. The highest BCUT2D eigenvalue weighted by molar-refractivity contribution is 7.17. The van der Waals surface area contributed by atoms with Gasteiger partial charge in [-0.3, -0.25) is 4.79 Å². The Hall–Kier alpha value is -1.23. The van der Waals surface area contributed by atoms with E-state index < -0.39 is 0 Å². The minimum absolute atomic E-state index is 0. The third-order valence-electron chi connectivity index (χ3n) is 2.42. The van der Waals surface area contributed by atoms with Crippen molar-refractivity contribution in [2.24, 2.45) is 0 Å². The van der Waals surface area contributed by atoms with Crippen LogP contribution >= 0.6 is 36.2 Å². The molecule has 2 N–H and O–H groups in total. The molecular formula is C11H9Cl2NO2S. The fourth-order valence-corrected chi connectivity index (χ4v) is 2.60. The van der Waals surface area contributed by atoms with E-state index in [9.17, 15) is 9.90 Å². The number of halogens is 2. The number of fused-ring (bicyclic) bond motifs is 3. The topological polar surface area (TPSA) is 53.1 Å². The van der Waals surface area contributed by atoms with Gasteiger partial charge in [0.15, 0.2) is 0 Å². The van der Waals surface area contributed by atoms with Gasteiger partial charge in [0.2, 0.25) is 0 Å². The van der Waals surface area contributed by atoms with Crippen LogP contribution in [-0.2, 0) is 0 Å². The Balaban J connectivity index is 0.000000722. The quantitative estimate of drug-likeness (QED) is 0.667. The van der Waals surface area contributed by atoms with E-state index in [0.29, 0.717) is 10.1 Å². The third-order valence-corrected chi connectivity index (χ3v) is 3.39. The van der Waals surface area contributed by atoms with Crippen LogP contribution in [0.3, 0.4) is 0 Å².